The lowest BCUT2D eigenvalue weighted by molar-refractivity contribution is -0.141. The number of aromatic nitrogens is 1. The molecule has 0 amide bonds. The molecule has 2 aliphatic rings. The lowest BCUT2D eigenvalue weighted by Crippen LogP contribution is -2.54. The van der Waals surface area contributed by atoms with Gasteiger partial charge in [-0.1, -0.05) is 0 Å². The van der Waals surface area contributed by atoms with Gasteiger partial charge in [-0.2, -0.15) is 13.2 Å². The molecule has 0 atom stereocenters. The Morgan fingerprint density at radius 2 is 1.88 bits per heavy atom. The van der Waals surface area contributed by atoms with Gasteiger partial charge in [0.25, 0.3) is 0 Å². The molecule has 3 rings (SSSR count). The zero-order valence-corrected chi connectivity index (χ0v) is 13.9. The first kappa shape index (κ1) is 17.5. The van der Waals surface area contributed by atoms with Crippen molar-refractivity contribution in [3.63, 3.8) is 0 Å². The maximum atomic E-state index is 12.4. The summed E-state index contributed by atoms with van der Waals surface area (Å²) in [6, 6.07) is 2.16. The van der Waals surface area contributed by atoms with E-state index in [-0.39, 0.29) is 5.41 Å². The fraction of sp³-hybridized carbons (Fsp3) is 0.667. The third kappa shape index (κ3) is 4.00. The summed E-state index contributed by atoms with van der Waals surface area (Å²) < 4.78 is 65.4. The van der Waals surface area contributed by atoms with Gasteiger partial charge in [-0.25, -0.2) is 13.4 Å². The smallest absolute Gasteiger partial charge is 0.433 e. The third-order valence-electron chi connectivity index (χ3n) is 4.67. The molecule has 0 saturated carbocycles. The van der Waals surface area contributed by atoms with Crippen LogP contribution in [0.4, 0.5) is 13.2 Å². The summed E-state index contributed by atoms with van der Waals surface area (Å²) in [5.41, 5.74) is -0.959. The molecule has 1 aromatic rings. The van der Waals surface area contributed by atoms with Gasteiger partial charge in [-0.05, 0) is 38.1 Å². The minimum absolute atomic E-state index is 0.0203. The Morgan fingerprint density at radius 3 is 2.38 bits per heavy atom. The van der Waals surface area contributed by atoms with Crippen LogP contribution < -0.4 is 4.74 Å². The van der Waals surface area contributed by atoms with E-state index in [4.69, 9.17) is 4.74 Å². The molecule has 9 heteroatoms. The van der Waals surface area contributed by atoms with E-state index in [9.17, 15) is 21.6 Å². The molecule has 2 aliphatic heterocycles. The van der Waals surface area contributed by atoms with Crippen molar-refractivity contribution in [3.05, 3.63) is 24.0 Å². The van der Waals surface area contributed by atoms with Crippen LogP contribution in [0.5, 0.6) is 5.75 Å². The van der Waals surface area contributed by atoms with E-state index in [1.54, 1.807) is 0 Å². The number of likely N-dealkylation sites (tertiary alicyclic amines) is 1. The van der Waals surface area contributed by atoms with Crippen molar-refractivity contribution in [1.82, 2.24) is 9.88 Å². The van der Waals surface area contributed by atoms with E-state index in [1.165, 1.54) is 6.07 Å². The van der Waals surface area contributed by atoms with E-state index >= 15 is 0 Å². The molecule has 24 heavy (non-hydrogen) atoms. The van der Waals surface area contributed by atoms with Crippen LogP contribution in [0.25, 0.3) is 0 Å². The summed E-state index contributed by atoms with van der Waals surface area (Å²) in [7, 11) is -2.80. The zero-order chi connectivity index (χ0) is 17.4. The lowest BCUT2D eigenvalue weighted by Gasteiger charge is -2.47. The van der Waals surface area contributed by atoms with Gasteiger partial charge < -0.3 is 4.74 Å². The number of pyridine rings is 1. The maximum Gasteiger partial charge on any atom is 0.433 e. The summed E-state index contributed by atoms with van der Waals surface area (Å²) in [6.45, 7) is 2.66. The summed E-state index contributed by atoms with van der Waals surface area (Å²) in [5, 5.41) is 0. The van der Waals surface area contributed by atoms with Crippen molar-refractivity contribution in [3.8, 4) is 5.75 Å². The van der Waals surface area contributed by atoms with Gasteiger partial charge in [0.2, 0.25) is 0 Å². The minimum Gasteiger partial charge on any atom is -0.491 e. The number of nitrogens with zero attached hydrogens (tertiary/aromatic N) is 2. The van der Waals surface area contributed by atoms with Crippen molar-refractivity contribution in [2.75, 3.05) is 37.7 Å². The Labute approximate surface area is 138 Å². The molecule has 0 aromatic carbocycles. The van der Waals surface area contributed by atoms with Gasteiger partial charge in [0.05, 0.1) is 17.7 Å². The number of hydrogen-bond donors (Lipinski definition) is 0. The molecule has 0 N–H and O–H groups in total. The van der Waals surface area contributed by atoms with Gasteiger partial charge in [0.1, 0.15) is 18.1 Å². The van der Waals surface area contributed by atoms with Crippen LogP contribution in [0.2, 0.25) is 0 Å². The largest absolute Gasteiger partial charge is 0.491 e. The van der Waals surface area contributed by atoms with E-state index < -0.39 is 21.7 Å². The van der Waals surface area contributed by atoms with Crippen LogP contribution in [0.1, 0.15) is 18.5 Å². The highest BCUT2D eigenvalue weighted by atomic mass is 32.2. The fourth-order valence-electron chi connectivity index (χ4n) is 3.36. The Morgan fingerprint density at radius 1 is 1.21 bits per heavy atom. The molecule has 0 unspecified atom stereocenters. The van der Waals surface area contributed by atoms with Crippen molar-refractivity contribution >= 4 is 9.84 Å². The Kier molecular flexibility index (Phi) is 4.50. The molecule has 0 radical (unpaired) electrons. The monoisotopic (exact) mass is 364 g/mol. The number of rotatable bonds is 4. The maximum absolute atomic E-state index is 12.4. The number of sulfone groups is 1. The summed E-state index contributed by atoms with van der Waals surface area (Å²) >= 11 is 0. The standard InChI is InChI=1S/C15H19F3N2O3S/c16-15(17,18)13-2-1-12(9-19-13)23-8-7-20-5-3-14(4-6-20)10-24(21,22)11-14/h1-2,9H,3-8,10-11H2. The molecule has 1 aromatic heterocycles. The van der Waals surface area contributed by atoms with Gasteiger partial charge in [0.15, 0.2) is 9.84 Å². The van der Waals surface area contributed by atoms with Crippen molar-refractivity contribution in [2.45, 2.75) is 19.0 Å². The van der Waals surface area contributed by atoms with Crippen molar-refractivity contribution in [1.29, 1.82) is 0 Å². The van der Waals surface area contributed by atoms with E-state index in [0.29, 0.717) is 30.4 Å². The molecule has 2 saturated heterocycles. The quantitative estimate of drug-likeness (QED) is 0.818. The first-order valence-electron chi connectivity index (χ1n) is 7.76. The zero-order valence-electron chi connectivity index (χ0n) is 13.1. The number of alkyl halides is 3. The molecule has 1 spiro atoms. The van der Waals surface area contributed by atoms with Gasteiger partial charge in [-0.15, -0.1) is 0 Å². The lowest BCUT2D eigenvalue weighted by atomic mass is 9.81. The van der Waals surface area contributed by atoms with Crippen LogP contribution in [0.3, 0.4) is 0 Å². The first-order valence-corrected chi connectivity index (χ1v) is 9.59. The number of piperidine rings is 1. The molecule has 2 fully saturated rings. The van der Waals surface area contributed by atoms with Crippen molar-refractivity contribution in [2.24, 2.45) is 5.41 Å². The Bertz CT molecular complexity index is 667. The van der Waals surface area contributed by atoms with Gasteiger partial charge >= 0.3 is 6.18 Å². The molecule has 0 aliphatic carbocycles. The van der Waals surface area contributed by atoms with E-state index in [0.717, 1.165) is 38.2 Å². The SMILES string of the molecule is O=S1(=O)CC2(CCN(CCOc3ccc(C(F)(F)F)nc3)CC2)C1. The average Bonchev–Trinajstić information content (AvgIpc) is 2.47. The molecule has 134 valence electrons. The first-order chi connectivity index (χ1) is 11.2. The Hall–Kier alpha value is -1.35. The van der Waals surface area contributed by atoms with Crippen LogP contribution in [0, 0.1) is 5.41 Å². The second-order valence-corrected chi connectivity index (χ2v) is 8.66. The molecular weight excluding hydrogens is 345 g/mol. The van der Waals surface area contributed by atoms with E-state index in [2.05, 4.69) is 9.88 Å². The van der Waals surface area contributed by atoms with Crippen molar-refractivity contribution < 1.29 is 26.3 Å². The Balaban J connectivity index is 1.40. The highest BCUT2D eigenvalue weighted by Crippen LogP contribution is 2.42. The van der Waals surface area contributed by atoms with Crippen LogP contribution in [-0.4, -0.2) is 56.0 Å². The van der Waals surface area contributed by atoms with Gasteiger partial charge in [0, 0.05) is 12.0 Å². The highest BCUT2D eigenvalue weighted by Gasteiger charge is 2.49. The second-order valence-electron chi connectivity index (χ2n) is 6.60. The summed E-state index contributed by atoms with van der Waals surface area (Å²) in [5.74, 6) is 0.921. The van der Waals surface area contributed by atoms with Crippen LogP contribution >= 0.6 is 0 Å². The predicted octanol–water partition coefficient (Wildman–Crippen LogP) is 1.99. The molecule has 3 heterocycles. The minimum atomic E-state index is -4.45. The van der Waals surface area contributed by atoms with Crippen LogP contribution in [-0.2, 0) is 16.0 Å². The van der Waals surface area contributed by atoms with E-state index in [1.807, 2.05) is 0 Å². The predicted molar refractivity (Wildman–Crippen MR) is 81.5 cm³/mol. The highest BCUT2D eigenvalue weighted by molar-refractivity contribution is 7.92. The molecule has 0 bridgehead atoms. The molecule has 5 nitrogen and oxygen atoms in total. The average molecular weight is 364 g/mol. The molecular formula is C15H19F3N2O3S. The normalized spacial score (nSPS) is 23.0. The number of ether oxygens (including phenoxy) is 1. The number of halogens is 3. The second kappa shape index (κ2) is 6.18. The number of hydrogen-bond acceptors (Lipinski definition) is 5. The summed E-state index contributed by atoms with van der Waals surface area (Å²) in [6.07, 6.45) is -1.63. The summed E-state index contributed by atoms with van der Waals surface area (Å²) in [4.78, 5) is 5.53. The third-order valence-corrected chi connectivity index (χ3v) is 6.78. The van der Waals surface area contributed by atoms with Gasteiger partial charge in [-0.3, -0.25) is 4.90 Å². The fourth-order valence-corrected chi connectivity index (χ4v) is 5.72. The van der Waals surface area contributed by atoms with Crippen LogP contribution in [0.15, 0.2) is 18.3 Å². The topological polar surface area (TPSA) is 59.5 Å².